The van der Waals surface area contributed by atoms with E-state index in [9.17, 15) is 22.8 Å². The molecule has 2 aromatic rings. The van der Waals surface area contributed by atoms with Crippen LogP contribution in [0.25, 0.3) is 0 Å². The summed E-state index contributed by atoms with van der Waals surface area (Å²) in [6.07, 6.45) is -3.50. The van der Waals surface area contributed by atoms with E-state index in [0.717, 1.165) is 17.2 Å². The summed E-state index contributed by atoms with van der Waals surface area (Å²) in [6.45, 7) is 5.49. The van der Waals surface area contributed by atoms with E-state index in [0.29, 0.717) is 50.3 Å². The Hall–Kier alpha value is -3.54. The van der Waals surface area contributed by atoms with Crippen molar-refractivity contribution in [2.75, 3.05) is 38.1 Å². The molecule has 2 saturated heterocycles. The van der Waals surface area contributed by atoms with E-state index < -0.39 is 28.6 Å². The number of nitriles is 1. The molecule has 1 spiro atoms. The van der Waals surface area contributed by atoms with Crippen LogP contribution in [0.4, 0.5) is 18.9 Å². The largest absolute Gasteiger partial charge is 0.417 e. The van der Waals surface area contributed by atoms with Crippen LogP contribution in [0, 0.1) is 36.5 Å². The number of amides is 2. The molecule has 36 heavy (non-hydrogen) atoms. The number of aryl methyl sites for hydroxylation is 2. The number of carbonyl (C=O) groups excluding carboxylic acids is 2. The molecular formula is C27H29F3N4O2. The average Bonchev–Trinajstić information content (AvgIpc) is 3.20. The molecule has 4 rings (SSSR count). The third-order valence-corrected chi connectivity index (χ3v) is 7.52. The topological polar surface area (TPSA) is 76.4 Å². The van der Waals surface area contributed by atoms with Crippen molar-refractivity contribution >= 4 is 17.5 Å². The minimum Gasteiger partial charge on any atom is -0.371 e. The Morgan fingerprint density at radius 2 is 1.72 bits per heavy atom. The van der Waals surface area contributed by atoms with Gasteiger partial charge in [-0.1, -0.05) is 17.2 Å². The molecule has 2 aliphatic rings. The summed E-state index contributed by atoms with van der Waals surface area (Å²) in [6, 6.07) is 11.1. The van der Waals surface area contributed by atoms with Crippen molar-refractivity contribution in [2.24, 2.45) is 11.3 Å². The lowest BCUT2D eigenvalue weighted by atomic mass is 9.70. The van der Waals surface area contributed by atoms with Gasteiger partial charge in [0.15, 0.2) is 0 Å². The van der Waals surface area contributed by atoms with Gasteiger partial charge in [0.1, 0.15) is 0 Å². The highest BCUT2D eigenvalue weighted by Gasteiger charge is 2.52. The Labute approximate surface area is 208 Å². The molecule has 2 aromatic carbocycles. The number of hydrogen-bond donors (Lipinski definition) is 1. The lowest BCUT2D eigenvalue weighted by Crippen LogP contribution is -2.48. The standard InChI is InChI=1S/C27H29F3N4O2/c1-17-10-18(2)12-20(11-17)25(36)34-15-23(24(35)32-3)26(16-34)6-8-33(9-7-26)21-5-4-19(14-31)22(13-21)27(28,29)30/h4-5,10-13,23H,6-9,15-16H2,1-3H3,(H,32,35). The number of anilines is 1. The van der Waals surface area contributed by atoms with Gasteiger partial charge in [0.25, 0.3) is 5.91 Å². The highest BCUT2D eigenvalue weighted by atomic mass is 19.4. The van der Waals surface area contributed by atoms with E-state index in [4.69, 9.17) is 5.26 Å². The molecule has 2 amide bonds. The number of halogens is 3. The fraction of sp³-hybridized carbons (Fsp3) is 0.444. The second kappa shape index (κ2) is 9.49. The van der Waals surface area contributed by atoms with Crippen LogP contribution < -0.4 is 10.2 Å². The van der Waals surface area contributed by atoms with Crippen molar-refractivity contribution < 1.29 is 22.8 Å². The smallest absolute Gasteiger partial charge is 0.371 e. The van der Waals surface area contributed by atoms with Gasteiger partial charge >= 0.3 is 6.18 Å². The lowest BCUT2D eigenvalue weighted by Gasteiger charge is -2.43. The molecule has 2 fully saturated rings. The van der Waals surface area contributed by atoms with Crippen LogP contribution in [0.1, 0.15) is 45.5 Å². The Bertz CT molecular complexity index is 1210. The summed E-state index contributed by atoms with van der Waals surface area (Å²) in [5.74, 6) is -0.639. The zero-order chi connectivity index (χ0) is 26.3. The Morgan fingerprint density at radius 1 is 1.08 bits per heavy atom. The molecule has 2 aliphatic heterocycles. The molecule has 190 valence electrons. The predicted octanol–water partition coefficient (Wildman–Crippen LogP) is 4.30. The first kappa shape index (κ1) is 25.5. The number of hydrogen-bond acceptors (Lipinski definition) is 4. The van der Waals surface area contributed by atoms with E-state index in [1.165, 1.54) is 12.1 Å². The van der Waals surface area contributed by atoms with Gasteiger partial charge in [-0.2, -0.15) is 18.4 Å². The minimum absolute atomic E-state index is 0.114. The van der Waals surface area contributed by atoms with Crippen LogP contribution in [0.15, 0.2) is 36.4 Å². The molecule has 0 bridgehead atoms. The molecule has 0 aromatic heterocycles. The SMILES string of the molecule is CNC(=O)C1CN(C(=O)c2cc(C)cc(C)c2)CC12CCN(c1ccc(C#N)c(C(F)(F)F)c1)CC2. The number of carbonyl (C=O) groups is 2. The summed E-state index contributed by atoms with van der Waals surface area (Å²) in [4.78, 5) is 29.8. The molecule has 1 unspecified atom stereocenters. The van der Waals surface area contributed by atoms with E-state index in [2.05, 4.69) is 5.32 Å². The minimum atomic E-state index is -4.62. The summed E-state index contributed by atoms with van der Waals surface area (Å²) >= 11 is 0. The number of nitrogens with zero attached hydrogens (tertiary/aromatic N) is 3. The highest BCUT2D eigenvalue weighted by Crippen LogP contribution is 2.46. The molecule has 0 aliphatic carbocycles. The molecule has 1 atom stereocenters. The first-order chi connectivity index (χ1) is 17.0. The fourth-order valence-corrected chi connectivity index (χ4v) is 5.72. The first-order valence-electron chi connectivity index (χ1n) is 11.9. The quantitative estimate of drug-likeness (QED) is 0.685. The number of rotatable bonds is 3. The summed E-state index contributed by atoms with van der Waals surface area (Å²) in [5.41, 5.74) is 1.16. The fourth-order valence-electron chi connectivity index (χ4n) is 5.72. The van der Waals surface area contributed by atoms with Gasteiger partial charge in [0, 0.05) is 49.9 Å². The first-order valence-corrected chi connectivity index (χ1v) is 11.9. The highest BCUT2D eigenvalue weighted by molar-refractivity contribution is 5.95. The van der Waals surface area contributed by atoms with Gasteiger partial charge < -0.3 is 15.1 Å². The van der Waals surface area contributed by atoms with Crippen LogP contribution >= 0.6 is 0 Å². The zero-order valence-electron chi connectivity index (χ0n) is 20.6. The normalized spacial score (nSPS) is 19.3. The molecule has 0 saturated carbocycles. The summed E-state index contributed by atoms with van der Waals surface area (Å²) < 4.78 is 40.4. The Kier molecular flexibility index (Phi) is 6.74. The van der Waals surface area contributed by atoms with Gasteiger partial charge in [-0.3, -0.25) is 9.59 Å². The summed E-state index contributed by atoms with van der Waals surface area (Å²) in [7, 11) is 1.58. The monoisotopic (exact) mass is 498 g/mol. The molecule has 2 heterocycles. The van der Waals surface area contributed by atoms with Crippen molar-refractivity contribution in [1.29, 1.82) is 5.26 Å². The van der Waals surface area contributed by atoms with Crippen LogP contribution in [-0.4, -0.2) is 49.9 Å². The van der Waals surface area contributed by atoms with Crippen molar-refractivity contribution in [2.45, 2.75) is 32.9 Å². The van der Waals surface area contributed by atoms with Crippen molar-refractivity contribution in [1.82, 2.24) is 10.2 Å². The Morgan fingerprint density at radius 3 is 2.28 bits per heavy atom. The predicted molar refractivity (Wildman–Crippen MR) is 129 cm³/mol. The third-order valence-electron chi connectivity index (χ3n) is 7.52. The van der Waals surface area contributed by atoms with Crippen LogP contribution in [0.3, 0.4) is 0 Å². The van der Waals surface area contributed by atoms with Crippen molar-refractivity contribution in [3.63, 3.8) is 0 Å². The number of alkyl halides is 3. The molecule has 0 radical (unpaired) electrons. The van der Waals surface area contributed by atoms with Gasteiger partial charge in [0.05, 0.1) is 23.1 Å². The number of likely N-dealkylation sites (tertiary alicyclic amines) is 1. The number of piperidine rings is 1. The molecule has 9 heteroatoms. The zero-order valence-corrected chi connectivity index (χ0v) is 20.6. The van der Waals surface area contributed by atoms with Gasteiger partial charge in [-0.15, -0.1) is 0 Å². The second-order valence-electron chi connectivity index (χ2n) is 9.92. The van der Waals surface area contributed by atoms with E-state index in [-0.39, 0.29) is 11.8 Å². The van der Waals surface area contributed by atoms with Crippen molar-refractivity contribution in [3.8, 4) is 6.07 Å². The molecule has 6 nitrogen and oxygen atoms in total. The third kappa shape index (κ3) is 4.77. The van der Waals surface area contributed by atoms with Crippen LogP contribution in [0.2, 0.25) is 0 Å². The maximum absolute atomic E-state index is 13.5. The van der Waals surface area contributed by atoms with E-state index >= 15 is 0 Å². The lowest BCUT2D eigenvalue weighted by molar-refractivity contribution is -0.137. The van der Waals surface area contributed by atoms with E-state index in [1.807, 2.05) is 36.9 Å². The maximum atomic E-state index is 13.5. The summed E-state index contributed by atoms with van der Waals surface area (Å²) in [5, 5.41) is 11.8. The van der Waals surface area contributed by atoms with Gasteiger partial charge in [-0.25, -0.2) is 0 Å². The van der Waals surface area contributed by atoms with Gasteiger partial charge in [-0.05, 0) is 57.0 Å². The number of nitrogens with one attached hydrogen (secondary N) is 1. The van der Waals surface area contributed by atoms with Crippen molar-refractivity contribution in [3.05, 3.63) is 64.2 Å². The Balaban J connectivity index is 1.56. The van der Waals surface area contributed by atoms with Crippen LogP contribution in [0.5, 0.6) is 0 Å². The van der Waals surface area contributed by atoms with Crippen LogP contribution in [-0.2, 0) is 11.0 Å². The molecule has 1 N–H and O–H groups in total. The number of benzene rings is 2. The molecular weight excluding hydrogens is 469 g/mol. The van der Waals surface area contributed by atoms with E-state index in [1.54, 1.807) is 18.0 Å². The maximum Gasteiger partial charge on any atom is 0.417 e. The van der Waals surface area contributed by atoms with Gasteiger partial charge in [0.2, 0.25) is 5.91 Å². The average molecular weight is 499 g/mol. The second-order valence-corrected chi connectivity index (χ2v) is 9.92.